The van der Waals surface area contributed by atoms with E-state index in [-0.39, 0.29) is 5.54 Å². The van der Waals surface area contributed by atoms with Crippen LogP contribution in [0.1, 0.15) is 39.0 Å². The number of hydrazine groups is 1. The Kier molecular flexibility index (Phi) is 4.19. The molecule has 0 aromatic heterocycles. The highest BCUT2D eigenvalue weighted by molar-refractivity contribution is 5.02. The molecule has 0 radical (unpaired) electrons. The minimum atomic E-state index is 0.122. The summed E-state index contributed by atoms with van der Waals surface area (Å²) in [6, 6.07) is 0. The second kappa shape index (κ2) is 5.45. The lowest BCUT2D eigenvalue weighted by molar-refractivity contribution is -0.0775. The highest BCUT2D eigenvalue weighted by atomic mass is 16.5. The van der Waals surface area contributed by atoms with Crippen LogP contribution in [0.2, 0.25) is 0 Å². The molecule has 2 rings (SSSR count). The van der Waals surface area contributed by atoms with Crippen LogP contribution in [-0.4, -0.2) is 42.9 Å². The van der Waals surface area contributed by atoms with Crippen molar-refractivity contribution in [2.24, 2.45) is 5.73 Å². The summed E-state index contributed by atoms with van der Waals surface area (Å²) in [5, 5.41) is 2.36. The lowest BCUT2D eigenvalue weighted by Crippen LogP contribution is -2.67. The van der Waals surface area contributed by atoms with E-state index in [0.717, 1.165) is 19.4 Å². The van der Waals surface area contributed by atoms with E-state index in [0.29, 0.717) is 12.6 Å². The first-order valence-corrected chi connectivity index (χ1v) is 6.62. The van der Waals surface area contributed by atoms with E-state index in [1.807, 2.05) is 0 Å². The van der Waals surface area contributed by atoms with E-state index in [1.165, 1.54) is 32.4 Å². The summed E-state index contributed by atoms with van der Waals surface area (Å²) in [5.41, 5.74) is 9.66. The molecule has 16 heavy (non-hydrogen) atoms. The fourth-order valence-electron chi connectivity index (χ4n) is 2.81. The summed E-state index contributed by atoms with van der Waals surface area (Å²) in [7, 11) is 0. The van der Waals surface area contributed by atoms with Crippen LogP contribution in [0.25, 0.3) is 0 Å². The number of nitrogens with one attached hydrogen (secondary N) is 1. The Labute approximate surface area is 98.5 Å². The van der Waals surface area contributed by atoms with Crippen LogP contribution in [0, 0.1) is 0 Å². The zero-order valence-corrected chi connectivity index (χ0v) is 10.4. The van der Waals surface area contributed by atoms with Crippen LogP contribution < -0.4 is 11.2 Å². The molecule has 0 aromatic rings. The van der Waals surface area contributed by atoms with Gasteiger partial charge in [-0.2, -0.15) is 0 Å². The van der Waals surface area contributed by atoms with Gasteiger partial charge in [-0.05, 0) is 32.6 Å². The van der Waals surface area contributed by atoms with Gasteiger partial charge in [0.1, 0.15) is 0 Å². The van der Waals surface area contributed by atoms with Gasteiger partial charge in [0.05, 0.1) is 6.10 Å². The maximum absolute atomic E-state index is 5.90. The van der Waals surface area contributed by atoms with Crippen molar-refractivity contribution in [3.63, 3.8) is 0 Å². The summed E-state index contributed by atoms with van der Waals surface area (Å²) in [5.74, 6) is 0. The molecule has 1 aliphatic heterocycles. The number of rotatable bonds is 5. The van der Waals surface area contributed by atoms with E-state index >= 15 is 0 Å². The monoisotopic (exact) mass is 227 g/mol. The first-order chi connectivity index (χ1) is 7.78. The van der Waals surface area contributed by atoms with E-state index in [1.54, 1.807) is 0 Å². The summed E-state index contributed by atoms with van der Waals surface area (Å²) in [6.45, 7) is 5.92. The third-order valence-electron chi connectivity index (χ3n) is 3.78. The molecule has 2 aliphatic rings. The summed E-state index contributed by atoms with van der Waals surface area (Å²) in [6.07, 6.45) is 6.54. The molecule has 3 N–H and O–H groups in total. The standard InChI is InChI=1S/C12H25N3O/c1-2-16-11-8-12(9-11,10-13)14-15-6-4-3-5-7-15/h11,14H,2-10,13H2,1H3. The van der Waals surface area contributed by atoms with Gasteiger partial charge in [-0.1, -0.05) is 6.42 Å². The maximum atomic E-state index is 5.90. The minimum absolute atomic E-state index is 0.122. The van der Waals surface area contributed by atoms with E-state index in [2.05, 4.69) is 17.4 Å². The van der Waals surface area contributed by atoms with Crippen molar-refractivity contribution in [1.29, 1.82) is 0 Å². The first-order valence-electron chi connectivity index (χ1n) is 6.62. The van der Waals surface area contributed by atoms with Gasteiger partial charge >= 0.3 is 0 Å². The van der Waals surface area contributed by atoms with E-state index in [4.69, 9.17) is 10.5 Å². The smallest absolute Gasteiger partial charge is 0.0612 e. The van der Waals surface area contributed by atoms with Gasteiger partial charge in [0, 0.05) is 31.8 Å². The van der Waals surface area contributed by atoms with Crippen LogP contribution in [0.3, 0.4) is 0 Å². The van der Waals surface area contributed by atoms with Gasteiger partial charge in [-0.15, -0.1) is 0 Å². The molecule has 4 nitrogen and oxygen atoms in total. The molecular formula is C12H25N3O. The number of hydrogen-bond donors (Lipinski definition) is 2. The molecule has 0 amide bonds. The largest absolute Gasteiger partial charge is 0.378 e. The number of piperidine rings is 1. The van der Waals surface area contributed by atoms with Crippen LogP contribution in [0.4, 0.5) is 0 Å². The molecular weight excluding hydrogens is 202 g/mol. The Morgan fingerprint density at radius 1 is 1.31 bits per heavy atom. The molecule has 2 fully saturated rings. The summed E-state index contributed by atoms with van der Waals surface area (Å²) >= 11 is 0. The van der Waals surface area contributed by atoms with Gasteiger partial charge in [0.2, 0.25) is 0 Å². The van der Waals surface area contributed by atoms with Crippen molar-refractivity contribution >= 4 is 0 Å². The van der Waals surface area contributed by atoms with Crippen molar-refractivity contribution in [1.82, 2.24) is 10.4 Å². The average molecular weight is 227 g/mol. The molecule has 1 saturated carbocycles. The summed E-state index contributed by atoms with van der Waals surface area (Å²) < 4.78 is 5.61. The highest BCUT2D eigenvalue weighted by Gasteiger charge is 2.44. The Morgan fingerprint density at radius 2 is 2.00 bits per heavy atom. The number of nitrogens with two attached hydrogens (primary N) is 1. The molecule has 0 aromatic carbocycles. The van der Waals surface area contributed by atoms with Crippen LogP contribution in [0.15, 0.2) is 0 Å². The van der Waals surface area contributed by atoms with Crippen molar-refractivity contribution < 1.29 is 4.74 Å². The predicted octanol–water partition coefficient (Wildman–Crippen LogP) is 0.873. The fourth-order valence-corrected chi connectivity index (χ4v) is 2.81. The van der Waals surface area contributed by atoms with Crippen molar-refractivity contribution in [3.05, 3.63) is 0 Å². The van der Waals surface area contributed by atoms with Crippen molar-refractivity contribution in [2.75, 3.05) is 26.2 Å². The maximum Gasteiger partial charge on any atom is 0.0612 e. The lowest BCUT2D eigenvalue weighted by Gasteiger charge is -2.50. The molecule has 1 saturated heterocycles. The van der Waals surface area contributed by atoms with E-state index < -0.39 is 0 Å². The highest BCUT2D eigenvalue weighted by Crippen LogP contribution is 2.34. The number of ether oxygens (including phenoxy) is 1. The Balaban J connectivity index is 1.77. The van der Waals surface area contributed by atoms with Gasteiger partial charge in [0.15, 0.2) is 0 Å². The molecule has 0 bridgehead atoms. The molecule has 0 unspecified atom stereocenters. The lowest BCUT2D eigenvalue weighted by atomic mass is 9.74. The fraction of sp³-hybridized carbons (Fsp3) is 1.00. The first kappa shape index (κ1) is 12.3. The van der Waals surface area contributed by atoms with Crippen molar-refractivity contribution in [2.45, 2.75) is 50.7 Å². The zero-order valence-electron chi connectivity index (χ0n) is 10.4. The van der Waals surface area contributed by atoms with Crippen LogP contribution in [0.5, 0.6) is 0 Å². The molecule has 0 atom stereocenters. The molecule has 94 valence electrons. The van der Waals surface area contributed by atoms with Crippen LogP contribution >= 0.6 is 0 Å². The second-order valence-electron chi connectivity index (χ2n) is 5.13. The van der Waals surface area contributed by atoms with E-state index in [9.17, 15) is 0 Å². The van der Waals surface area contributed by atoms with Gasteiger partial charge < -0.3 is 10.5 Å². The van der Waals surface area contributed by atoms with Crippen LogP contribution in [-0.2, 0) is 4.74 Å². The quantitative estimate of drug-likeness (QED) is 0.732. The molecule has 4 heteroatoms. The van der Waals surface area contributed by atoms with Gasteiger partial charge in [-0.3, -0.25) is 0 Å². The third kappa shape index (κ3) is 2.74. The van der Waals surface area contributed by atoms with Crippen molar-refractivity contribution in [3.8, 4) is 0 Å². The van der Waals surface area contributed by atoms with Gasteiger partial charge in [0.25, 0.3) is 0 Å². The topological polar surface area (TPSA) is 50.5 Å². The Bertz CT molecular complexity index is 210. The van der Waals surface area contributed by atoms with Gasteiger partial charge in [-0.25, -0.2) is 10.4 Å². The molecule has 1 heterocycles. The Hall–Kier alpha value is -0.160. The Morgan fingerprint density at radius 3 is 2.56 bits per heavy atom. The predicted molar refractivity (Wildman–Crippen MR) is 65.0 cm³/mol. The molecule has 0 spiro atoms. The zero-order chi connectivity index (χ0) is 11.4. The normalized spacial score (nSPS) is 36.0. The molecule has 1 aliphatic carbocycles. The number of hydrogen-bond acceptors (Lipinski definition) is 4. The third-order valence-corrected chi connectivity index (χ3v) is 3.78. The number of nitrogens with zero attached hydrogens (tertiary/aromatic N) is 1. The average Bonchev–Trinajstić information content (AvgIpc) is 2.27. The second-order valence-corrected chi connectivity index (χ2v) is 5.13. The SMILES string of the molecule is CCOC1CC(CN)(NN2CCCCC2)C1. The summed E-state index contributed by atoms with van der Waals surface area (Å²) in [4.78, 5) is 0. The minimum Gasteiger partial charge on any atom is -0.378 e.